The zero-order valence-corrected chi connectivity index (χ0v) is 21.7. The van der Waals surface area contributed by atoms with E-state index in [9.17, 15) is 9.59 Å². The molecular weight excluding hydrogens is 492 g/mol. The van der Waals surface area contributed by atoms with Crippen molar-refractivity contribution in [3.63, 3.8) is 0 Å². The fourth-order valence-electron chi connectivity index (χ4n) is 4.32. The van der Waals surface area contributed by atoms with Gasteiger partial charge in [0.2, 0.25) is 0 Å². The number of amides is 2. The lowest BCUT2D eigenvalue weighted by atomic mass is 9.95. The average molecular weight is 525 g/mol. The van der Waals surface area contributed by atoms with Gasteiger partial charge in [0.25, 0.3) is 11.8 Å². The summed E-state index contributed by atoms with van der Waals surface area (Å²) in [5.74, 6) is -0.571. The monoisotopic (exact) mass is 524 g/mol. The molecule has 3 aromatic rings. The first-order chi connectivity index (χ1) is 18.7. The van der Waals surface area contributed by atoms with Gasteiger partial charge in [0.1, 0.15) is 0 Å². The van der Waals surface area contributed by atoms with Crippen molar-refractivity contribution in [1.29, 1.82) is 10.8 Å². The van der Waals surface area contributed by atoms with E-state index in [2.05, 4.69) is 22.0 Å². The van der Waals surface area contributed by atoms with E-state index in [-0.39, 0.29) is 23.7 Å². The highest BCUT2D eigenvalue weighted by molar-refractivity contribution is 6.07. The summed E-state index contributed by atoms with van der Waals surface area (Å²) < 4.78 is 0. The second-order valence-corrected chi connectivity index (χ2v) is 9.29. The number of carbonyl (C=O) groups is 2. The minimum absolute atomic E-state index is 0.0830. The van der Waals surface area contributed by atoms with Crippen LogP contribution in [0.5, 0.6) is 0 Å². The molecule has 0 spiro atoms. The zero-order chi connectivity index (χ0) is 27.9. The van der Waals surface area contributed by atoms with Crippen molar-refractivity contribution >= 4 is 40.7 Å². The highest BCUT2D eigenvalue weighted by Crippen LogP contribution is 2.27. The summed E-state index contributed by atoms with van der Waals surface area (Å²) >= 11 is 0. The summed E-state index contributed by atoms with van der Waals surface area (Å²) in [5, 5.41) is 23.3. The van der Waals surface area contributed by atoms with Crippen molar-refractivity contribution in [3.8, 4) is 0 Å². The molecule has 0 unspecified atom stereocenters. The van der Waals surface area contributed by atoms with Gasteiger partial charge in [-0.3, -0.25) is 20.4 Å². The summed E-state index contributed by atoms with van der Waals surface area (Å²) in [6.07, 6.45) is 2.89. The third kappa shape index (κ3) is 7.01. The number of benzene rings is 3. The molecule has 0 radical (unpaired) electrons. The molecule has 0 saturated carbocycles. The largest absolute Gasteiger partial charge is 0.370 e. The van der Waals surface area contributed by atoms with Gasteiger partial charge in [0.05, 0.1) is 0 Å². The standard InChI is InChI=1S/C29H32N8O2/c1-18-16-24(10-11-25(18)20-12-14-37(15-13-20)29(32)33)36-27(39)22-6-4-21(5-7-22)26(38)35-23-8-2-19(3-9-23)17-34-28(30)31/h2-12,16H,13-15,17H2,1H3,(H3,32,33)(H,35,38)(H,36,39)(H4,30,31,34). The van der Waals surface area contributed by atoms with Crippen molar-refractivity contribution in [2.45, 2.75) is 19.9 Å². The Morgan fingerprint density at radius 3 is 1.97 bits per heavy atom. The van der Waals surface area contributed by atoms with E-state index in [0.29, 0.717) is 42.1 Å². The number of rotatable bonds is 7. The van der Waals surface area contributed by atoms with E-state index < -0.39 is 0 Å². The van der Waals surface area contributed by atoms with Gasteiger partial charge in [-0.2, -0.15) is 0 Å². The van der Waals surface area contributed by atoms with Gasteiger partial charge in [0, 0.05) is 42.1 Å². The number of hydrogen-bond donors (Lipinski definition) is 7. The number of guanidine groups is 2. The third-order valence-corrected chi connectivity index (χ3v) is 6.48. The molecule has 0 fully saturated rings. The fraction of sp³-hybridized carbons (Fsp3) is 0.172. The van der Waals surface area contributed by atoms with Crippen LogP contribution >= 0.6 is 0 Å². The predicted octanol–water partition coefficient (Wildman–Crippen LogP) is 3.47. The second-order valence-electron chi connectivity index (χ2n) is 9.29. The van der Waals surface area contributed by atoms with Gasteiger partial charge >= 0.3 is 0 Å². The molecule has 0 bridgehead atoms. The molecule has 0 atom stereocenters. The van der Waals surface area contributed by atoms with Crippen LogP contribution in [0.1, 0.15) is 43.8 Å². The molecule has 1 aliphatic rings. The number of aryl methyl sites for hydroxylation is 1. The normalized spacial score (nSPS) is 12.7. The number of nitrogens with one attached hydrogen (secondary N) is 5. The lowest BCUT2D eigenvalue weighted by molar-refractivity contribution is 0.101. The first-order valence-corrected chi connectivity index (χ1v) is 12.5. The molecule has 39 heavy (non-hydrogen) atoms. The Kier molecular flexibility index (Phi) is 8.25. The number of hydrogen-bond acceptors (Lipinski definition) is 4. The van der Waals surface area contributed by atoms with Crippen LogP contribution in [0.4, 0.5) is 11.4 Å². The molecule has 1 aliphatic heterocycles. The number of nitrogens with zero attached hydrogens (tertiary/aromatic N) is 1. The van der Waals surface area contributed by atoms with Crippen LogP contribution < -0.4 is 27.4 Å². The Morgan fingerprint density at radius 2 is 1.46 bits per heavy atom. The molecule has 10 nitrogen and oxygen atoms in total. The summed E-state index contributed by atoms with van der Waals surface area (Å²) in [7, 11) is 0. The molecule has 9 N–H and O–H groups in total. The summed E-state index contributed by atoms with van der Waals surface area (Å²) in [4.78, 5) is 27.3. The van der Waals surface area contributed by atoms with Crippen molar-refractivity contribution in [2.24, 2.45) is 11.5 Å². The van der Waals surface area contributed by atoms with Crippen molar-refractivity contribution in [2.75, 3.05) is 23.7 Å². The molecule has 200 valence electrons. The number of nitrogens with two attached hydrogens (primary N) is 2. The lowest BCUT2D eigenvalue weighted by Gasteiger charge is -2.27. The molecule has 0 aromatic heterocycles. The SMILES string of the molecule is Cc1cc(NC(=O)c2ccc(C(=O)Nc3ccc(CNC(=N)N)cc3)cc2)ccc1C1=CCN(C(=N)N)CC1. The van der Waals surface area contributed by atoms with E-state index in [4.69, 9.17) is 22.3 Å². The summed E-state index contributed by atoms with van der Waals surface area (Å²) in [6.45, 7) is 3.76. The van der Waals surface area contributed by atoms with Gasteiger partial charge < -0.3 is 32.3 Å². The molecule has 0 aliphatic carbocycles. The average Bonchev–Trinajstić information content (AvgIpc) is 2.93. The first-order valence-electron chi connectivity index (χ1n) is 12.5. The van der Waals surface area contributed by atoms with E-state index in [1.165, 1.54) is 5.57 Å². The Hall–Kier alpha value is -5.12. The van der Waals surface area contributed by atoms with E-state index in [1.807, 2.05) is 42.2 Å². The topological polar surface area (TPSA) is 173 Å². The molecule has 2 amide bonds. The van der Waals surface area contributed by atoms with Gasteiger partial charge in [-0.05, 0) is 84.1 Å². The van der Waals surface area contributed by atoms with Gasteiger partial charge in [-0.15, -0.1) is 0 Å². The number of anilines is 2. The summed E-state index contributed by atoms with van der Waals surface area (Å²) in [6, 6.07) is 19.5. The first kappa shape index (κ1) is 26.9. The van der Waals surface area contributed by atoms with Crippen molar-refractivity contribution < 1.29 is 9.59 Å². The minimum Gasteiger partial charge on any atom is -0.370 e. The molecule has 0 saturated heterocycles. The molecule has 10 heteroatoms. The second kappa shape index (κ2) is 12.0. The quantitative estimate of drug-likeness (QED) is 0.184. The van der Waals surface area contributed by atoms with Crippen molar-refractivity contribution in [3.05, 3.63) is 101 Å². The van der Waals surface area contributed by atoms with Gasteiger partial charge in [-0.1, -0.05) is 24.3 Å². The van der Waals surface area contributed by atoms with Crippen LogP contribution in [-0.4, -0.2) is 41.7 Å². The highest BCUT2D eigenvalue weighted by Gasteiger charge is 2.16. The molecular formula is C29H32N8O2. The van der Waals surface area contributed by atoms with Gasteiger partial charge in [-0.25, -0.2) is 0 Å². The maximum absolute atomic E-state index is 12.8. The highest BCUT2D eigenvalue weighted by atomic mass is 16.2. The predicted molar refractivity (Wildman–Crippen MR) is 155 cm³/mol. The third-order valence-electron chi connectivity index (χ3n) is 6.48. The Balaban J connectivity index is 1.34. The Morgan fingerprint density at radius 1 is 0.872 bits per heavy atom. The fourth-order valence-corrected chi connectivity index (χ4v) is 4.32. The van der Waals surface area contributed by atoms with Crippen molar-refractivity contribution in [1.82, 2.24) is 10.2 Å². The van der Waals surface area contributed by atoms with Crippen LogP contribution in [-0.2, 0) is 6.54 Å². The summed E-state index contributed by atoms with van der Waals surface area (Å²) in [5.41, 5.74) is 17.4. The minimum atomic E-state index is -0.286. The van der Waals surface area contributed by atoms with Gasteiger partial charge in [0.15, 0.2) is 11.9 Å². The molecule has 1 heterocycles. The molecule has 3 aromatic carbocycles. The number of carbonyl (C=O) groups excluding carboxylic acids is 2. The lowest BCUT2D eigenvalue weighted by Crippen LogP contribution is -2.39. The molecule has 4 rings (SSSR count). The maximum Gasteiger partial charge on any atom is 0.255 e. The van der Waals surface area contributed by atoms with Crippen LogP contribution in [0, 0.1) is 17.7 Å². The maximum atomic E-state index is 12.8. The Bertz CT molecular complexity index is 1430. The van der Waals surface area contributed by atoms with Crippen LogP contribution in [0.15, 0.2) is 72.8 Å². The zero-order valence-electron chi connectivity index (χ0n) is 21.7. The van der Waals surface area contributed by atoms with Crippen LogP contribution in [0.25, 0.3) is 5.57 Å². The van der Waals surface area contributed by atoms with Crippen LogP contribution in [0.2, 0.25) is 0 Å². The van der Waals surface area contributed by atoms with E-state index >= 15 is 0 Å². The Labute approximate surface area is 227 Å². The van der Waals surface area contributed by atoms with E-state index in [1.54, 1.807) is 36.4 Å². The smallest absolute Gasteiger partial charge is 0.255 e. The van der Waals surface area contributed by atoms with Crippen LogP contribution in [0.3, 0.4) is 0 Å². The van der Waals surface area contributed by atoms with E-state index in [0.717, 1.165) is 23.1 Å².